The fraction of sp³-hybridized carbons (Fsp3) is 0.889. The van der Waals surface area contributed by atoms with Gasteiger partial charge in [-0.3, -0.25) is 0 Å². The van der Waals surface area contributed by atoms with Gasteiger partial charge in [0.05, 0.1) is 32.3 Å². The molecule has 33 heavy (non-hydrogen) atoms. The quantitative estimate of drug-likeness (QED) is 0.189. The minimum Gasteiger partial charge on any atom is -0.548 e. The molecule has 1 fully saturated rings. The van der Waals surface area contributed by atoms with Crippen LogP contribution in [0.1, 0.15) is 103 Å². The number of thioether (sulfide) groups is 1. The molecule has 3 N–H and O–H groups in total. The second-order valence-corrected chi connectivity index (χ2v) is 10.0. The number of ether oxygens (including phenoxy) is 1. The first-order valence-corrected chi connectivity index (χ1v) is 15.1. The molecule has 0 saturated carbocycles. The fourth-order valence-electron chi connectivity index (χ4n) is 3.77. The van der Waals surface area contributed by atoms with Crippen LogP contribution >= 0.6 is 11.8 Å². The van der Waals surface area contributed by atoms with E-state index in [4.69, 9.17) is 4.74 Å². The smallest absolute Gasteiger partial charge is 0.0993 e. The number of hydrogen-bond donors (Lipinski definition) is 2. The molecule has 5 nitrogen and oxygen atoms in total. The molecule has 0 amide bonds. The van der Waals surface area contributed by atoms with E-state index < -0.39 is 12.0 Å². The van der Waals surface area contributed by atoms with Crippen molar-refractivity contribution >= 4 is 17.7 Å². The SMILES string of the molecule is C1COCC[NH2+]1.CCCCCCCC/C=C\CCCCCCCCNC(CCSC)C(=O)[O-]. The molecule has 1 aliphatic rings. The maximum absolute atomic E-state index is 11.0. The Morgan fingerprint density at radius 1 is 0.939 bits per heavy atom. The van der Waals surface area contributed by atoms with E-state index in [1.54, 1.807) is 11.8 Å². The summed E-state index contributed by atoms with van der Waals surface area (Å²) in [6.07, 6.45) is 25.5. The molecule has 0 bridgehead atoms. The average Bonchev–Trinajstić information content (AvgIpc) is 2.84. The van der Waals surface area contributed by atoms with Crippen molar-refractivity contribution in [1.29, 1.82) is 0 Å². The second kappa shape index (κ2) is 27.7. The van der Waals surface area contributed by atoms with Gasteiger partial charge < -0.3 is 25.3 Å². The molecule has 0 aromatic heterocycles. The van der Waals surface area contributed by atoms with E-state index in [1.807, 2.05) is 6.26 Å². The van der Waals surface area contributed by atoms with Crippen LogP contribution in [0.4, 0.5) is 0 Å². The zero-order valence-corrected chi connectivity index (χ0v) is 22.6. The van der Waals surface area contributed by atoms with Crippen LogP contribution in [0.25, 0.3) is 0 Å². The van der Waals surface area contributed by atoms with Crippen molar-refractivity contribution in [2.45, 2.75) is 109 Å². The second-order valence-electron chi connectivity index (χ2n) is 9.02. The number of unbranched alkanes of at least 4 members (excludes halogenated alkanes) is 12. The molecular formula is C27H54N2O3S. The molecular weight excluding hydrogens is 432 g/mol. The number of aliphatic carboxylic acids is 1. The monoisotopic (exact) mass is 486 g/mol. The van der Waals surface area contributed by atoms with Gasteiger partial charge in [-0.05, 0) is 57.1 Å². The van der Waals surface area contributed by atoms with Gasteiger partial charge in [0, 0.05) is 6.04 Å². The number of allylic oxidation sites excluding steroid dienone is 2. The number of carbonyl (C=O) groups excluding carboxylic acids is 1. The molecule has 1 aliphatic heterocycles. The van der Waals surface area contributed by atoms with E-state index in [0.717, 1.165) is 45.0 Å². The van der Waals surface area contributed by atoms with Gasteiger partial charge in [-0.25, -0.2) is 0 Å². The molecule has 0 spiro atoms. The lowest BCUT2D eigenvalue weighted by molar-refractivity contribution is -0.670. The fourth-order valence-corrected chi connectivity index (χ4v) is 4.24. The van der Waals surface area contributed by atoms with Crippen molar-refractivity contribution in [2.24, 2.45) is 0 Å². The van der Waals surface area contributed by atoms with E-state index >= 15 is 0 Å². The summed E-state index contributed by atoms with van der Waals surface area (Å²) < 4.78 is 5.04. The maximum atomic E-state index is 11.0. The zero-order chi connectivity index (χ0) is 24.2. The van der Waals surface area contributed by atoms with Crippen molar-refractivity contribution in [1.82, 2.24) is 5.32 Å². The third-order valence-electron chi connectivity index (χ3n) is 5.91. The lowest BCUT2D eigenvalue weighted by Crippen LogP contribution is -2.87. The summed E-state index contributed by atoms with van der Waals surface area (Å²) in [5.41, 5.74) is 0. The number of nitrogens with two attached hydrogens (primary N) is 1. The summed E-state index contributed by atoms with van der Waals surface area (Å²) in [7, 11) is 0. The number of carboxylic acids is 1. The van der Waals surface area contributed by atoms with Crippen LogP contribution in [0.3, 0.4) is 0 Å². The topological polar surface area (TPSA) is 78.0 Å². The Labute approximate surface area is 209 Å². The van der Waals surface area contributed by atoms with Crippen LogP contribution in [-0.4, -0.2) is 56.9 Å². The summed E-state index contributed by atoms with van der Waals surface area (Å²) in [5.74, 6) is -0.104. The molecule has 1 atom stereocenters. The van der Waals surface area contributed by atoms with E-state index in [2.05, 4.69) is 29.7 Å². The first-order valence-electron chi connectivity index (χ1n) is 13.7. The van der Waals surface area contributed by atoms with Crippen molar-refractivity contribution in [3.05, 3.63) is 12.2 Å². The molecule has 0 aliphatic carbocycles. The number of quaternary nitrogens is 1. The first-order chi connectivity index (χ1) is 16.2. The van der Waals surface area contributed by atoms with Gasteiger partial charge in [0.15, 0.2) is 0 Å². The van der Waals surface area contributed by atoms with Gasteiger partial charge >= 0.3 is 0 Å². The standard InChI is InChI=1S/C23H45NO2S.C4H9NO/c1-3-4-5-6-7-8-9-10-11-12-13-14-15-16-17-18-20-24-22(23(25)26)19-21-27-2;1-3-6-4-2-5-1/h10-11,22,24H,3-9,12-21H2,1-2H3,(H,25,26);5H,1-4H2/b11-10-;. The Morgan fingerprint density at radius 2 is 1.48 bits per heavy atom. The molecule has 0 aromatic carbocycles. The highest BCUT2D eigenvalue weighted by atomic mass is 32.2. The molecule has 1 rings (SSSR count). The normalized spacial score (nSPS) is 14.7. The number of nitrogens with one attached hydrogen (secondary N) is 1. The summed E-state index contributed by atoms with van der Waals surface area (Å²) in [5, 5.41) is 16.4. The third kappa shape index (κ3) is 25.9. The van der Waals surface area contributed by atoms with Crippen molar-refractivity contribution in [3.63, 3.8) is 0 Å². The minimum atomic E-state index is -0.964. The maximum Gasteiger partial charge on any atom is 0.0993 e. The van der Waals surface area contributed by atoms with Crippen LogP contribution in [0, 0.1) is 0 Å². The summed E-state index contributed by atoms with van der Waals surface area (Å²) in [6.45, 7) is 7.25. The number of rotatable bonds is 21. The van der Waals surface area contributed by atoms with Gasteiger partial charge in [-0.15, -0.1) is 0 Å². The molecule has 196 valence electrons. The summed E-state index contributed by atoms with van der Waals surface area (Å²) in [4.78, 5) is 11.0. The molecule has 1 saturated heterocycles. The van der Waals surface area contributed by atoms with Gasteiger partial charge in [0.25, 0.3) is 0 Å². The van der Waals surface area contributed by atoms with Crippen LogP contribution in [0.15, 0.2) is 12.2 Å². The predicted octanol–water partition coefficient (Wildman–Crippen LogP) is 4.07. The number of morpholine rings is 1. The van der Waals surface area contributed by atoms with E-state index in [1.165, 1.54) is 83.5 Å². The Balaban J connectivity index is 0.00000146. The number of carboxylic acid groups (broad SMARTS) is 1. The molecule has 1 heterocycles. The van der Waals surface area contributed by atoms with Crippen LogP contribution in [0.2, 0.25) is 0 Å². The average molecular weight is 487 g/mol. The molecule has 0 radical (unpaired) electrons. The first kappa shape index (κ1) is 32.4. The van der Waals surface area contributed by atoms with E-state index in [9.17, 15) is 9.90 Å². The molecule has 1 unspecified atom stereocenters. The van der Waals surface area contributed by atoms with E-state index in [-0.39, 0.29) is 0 Å². The Morgan fingerprint density at radius 3 is 1.94 bits per heavy atom. The van der Waals surface area contributed by atoms with Gasteiger partial charge in [-0.1, -0.05) is 76.9 Å². The minimum absolute atomic E-state index is 0.486. The largest absolute Gasteiger partial charge is 0.548 e. The Bertz CT molecular complexity index is 420. The lowest BCUT2D eigenvalue weighted by atomic mass is 10.1. The lowest BCUT2D eigenvalue weighted by Gasteiger charge is -2.19. The third-order valence-corrected chi connectivity index (χ3v) is 6.55. The molecule has 0 aromatic rings. The summed E-state index contributed by atoms with van der Waals surface area (Å²) in [6, 6.07) is -0.486. The Kier molecular flexibility index (Phi) is 27.2. The number of carbonyl (C=O) groups is 1. The molecule has 6 heteroatoms. The highest BCUT2D eigenvalue weighted by Crippen LogP contribution is 2.10. The van der Waals surface area contributed by atoms with E-state index in [0.29, 0.717) is 6.42 Å². The zero-order valence-electron chi connectivity index (χ0n) is 21.8. The Hall–Kier alpha value is -0.560. The van der Waals surface area contributed by atoms with Gasteiger partial charge in [0.1, 0.15) is 0 Å². The van der Waals surface area contributed by atoms with Crippen LogP contribution in [0.5, 0.6) is 0 Å². The van der Waals surface area contributed by atoms with Crippen LogP contribution < -0.4 is 15.7 Å². The number of hydrogen-bond acceptors (Lipinski definition) is 5. The highest BCUT2D eigenvalue weighted by molar-refractivity contribution is 7.98. The van der Waals surface area contributed by atoms with Crippen LogP contribution in [-0.2, 0) is 9.53 Å². The highest BCUT2D eigenvalue weighted by Gasteiger charge is 2.07. The summed E-state index contributed by atoms with van der Waals surface area (Å²) >= 11 is 1.68. The van der Waals surface area contributed by atoms with Gasteiger partial charge in [0.2, 0.25) is 0 Å². The van der Waals surface area contributed by atoms with Gasteiger partial charge in [-0.2, -0.15) is 11.8 Å². The predicted molar refractivity (Wildman–Crippen MR) is 142 cm³/mol. The van der Waals surface area contributed by atoms with Crippen molar-refractivity contribution < 1.29 is 20.0 Å². The van der Waals surface area contributed by atoms with Crippen molar-refractivity contribution in [2.75, 3.05) is 44.9 Å². The van der Waals surface area contributed by atoms with Crippen molar-refractivity contribution in [3.8, 4) is 0 Å².